The summed E-state index contributed by atoms with van der Waals surface area (Å²) >= 11 is 1.17. The molecule has 2 rings (SSSR count). The predicted molar refractivity (Wildman–Crippen MR) is 77.5 cm³/mol. The van der Waals surface area contributed by atoms with Crippen molar-refractivity contribution in [1.29, 1.82) is 0 Å². The summed E-state index contributed by atoms with van der Waals surface area (Å²) in [5, 5.41) is 8.22. The van der Waals surface area contributed by atoms with Gasteiger partial charge < -0.3 is 13.9 Å². The van der Waals surface area contributed by atoms with E-state index in [1.54, 1.807) is 14.0 Å². The normalized spacial score (nSPS) is 10.4. The lowest BCUT2D eigenvalue weighted by molar-refractivity contribution is -0.139. The summed E-state index contributed by atoms with van der Waals surface area (Å²) in [4.78, 5) is 11.2. The van der Waals surface area contributed by atoms with E-state index in [1.807, 2.05) is 24.3 Å². The van der Waals surface area contributed by atoms with Crippen LogP contribution < -0.4 is 4.74 Å². The van der Waals surface area contributed by atoms with Crippen molar-refractivity contribution in [3.63, 3.8) is 0 Å². The van der Waals surface area contributed by atoms with Gasteiger partial charge in [0.05, 0.1) is 20.1 Å². The van der Waals surface area contributed by atoms with Crippen LogP contribution in [0.2, 0.25) is 0 Å². The van der Waals surface area contributed by atoms with Crippen LogP contribution in [-0.4, -0.2) is 35.6 Å². The van der Waals surface area contributed by atoms with Gasteiger partial charge in [-0.2, -0.15) is 0 Å². The van der Waals surface area contributed by atoms with Crippen LogP contribution in [0.25, 0.3) is 0 Å². The third kappa shape index (κ3) is 4.78. The highest BCUT2D eigenvalue weighted by molar-refractivity contribution is 7.99. The Balaban J connectivity index is 1.88. The highest BCUT2D eigenvalue weighted by Crippen LogP contribution is 2.19. The zero-order chi connectivity index (χ0) is 15.1. The summed E-state index contributed by atoms with van der Waals surface area (Å²) in [6.45, 7) is 2.13. The molecule has 1 aromatic heterocycles. The van der Waals surface area contributed by atoms with Crippen LogP contribution in [0.4, 0.5) is 0 Å². The maximum absolute atomic E-state index is 11.2. The number of hydrogen-bond donors (Lipinski definition) is 0. The molecule has 0 amide bonds. The fraction of sp³-hybridized carbons (Fsp3) is 0.357. The lowest BCUT2D eigenvalue weighted by Crippen LogP contribution is -2.06. The van der Waals surface area contributed by atoms with Gasteiger partial charge in [-0.05, 0) is 24.6 Å². The molecule has 0 saturated heterocycles. The Bertz CT molecular complexity index is 583. The molecule has 0 unspecified atom stereocenters. The minimum atomic E-state index is -0.294. The second-order valence-electron chi connectivity index (χ2n) is 4.08. The SMILES string of the molecule is CCOC(=O)CSc1nnc(Cc2ccc(OC)cc2)o1. The molecule has 0 fully saturated rings. The first-order valence-corrected chi connectivity index (χ1v) is 7.43. The Labute approximate surface area is 126 Å². The number of benzene rings is 1. The van der Waals surface area contributed by atoms with Gasteiger partial charge in [-0.3, -0.25) is 4.79 Å². The fourth-order valence-corrected chi connectivity index (χ4v) is 2.19. The minimum absolute atomic E-state index is 0.165. The first-order valence-electron chi connectivity index (χ1n) is 6.45. The fourth-order valence-electron chi connectivity index (χ4n) is 1.61. The standard InChI is InChI=1S/C14H16N2O4S/c1-3-19-13(17)9-21-14-16-15-12(20-14)8-10-4-6-11(18-2)7-5-10/h4-7H,3,8-9H2,1-2H3. The summed E-state index contributed by atoms with van der Waals surface area (Å²) in [5.74, 6) is 1.18. The molecular formula is C14H16N2O4S. The zero-order valence-electron chi connectivity index (χ0n) is 11.9. The van der Waals surface area contributed by atoms with Crippen molar-refractivity contribution in [2.24, 2.45) is 0 Å². The molecule has 2 aromatic rings. The molecule has 0 aliphatic rings. The van der Waals surface area contributed by atoms with Gasteiger partial charge in [0.2, 0.25) is 5.89 Å². The van der Waals surface area contributed by atoms with Crippen molar-refractivity contribution >= 4 is 17.7 Å². The summed E-state index contributed by atoms with van der Waals surface area (Å²) in [6, 6.07) is 7.63. The number of carbonyl (C=O) groups excluding carboxylic acids is 1. The zero-order valence-corrected chi connectivity index (χ0v) is 12.7. The van der Waals surface area contributed by atoms with E-state index in [2.05, 4.69) is 10.2 Å². The molecule has 112 valence electrons. The molecule has 0 radical (unpaired) electrons. The maximum Gasteiger partial charge on any atom is 0.316 e. The predicted octanol–water partition coefficient (Wildman–Crippen LogP) is 2.32. The van der Waals surface area contributed by atoms with E-state index in [0.29, 0.717) is 24.1 Å². The Morgan fingerprint density at radius 1 is 1.29 bits per heavy atom. The van der Waals surface area contributed by atoms with Gasteiger partial charge in [-0.25, -0.2) is 0 Å². The molecular weight excluding hydrogens is 292 g/mol. The Kier molecular flexibility index (Phi) is 5.62. The molecule has 1 aromatic carbocycles. The summed E-state index contributed by atoms with van der Waals surface area (Å²) in [7, 11) is 1.63. The molecule has 21 heavy (non-hydrogen) atoms. The van der Waals surface area contributed by atoms with Crippen molar-refractivity contribution in [3.8, 4) is 5.75 Å². The first-order chi connectivity index (χ1) is 10.2. The molecule has 0 atom stereocenters. The number of hydrogen-bond acceptors (Lipinski definition) is 7. The van der Waals surface area contributed by atoms with Crippen LogP contribution in [0.1, 0.15) is 18.4 Å². The van der Waals surface area contributed by atoms with Gasteiger partial charge in [0, 0.05) is 0 Å². The van der Waals surface area contributed by atoms with Crippen LogP contribution >= 0.6 is 11.8 Å². The minimum Gasteiger partial charge on any atom is -0.497 e. The molecule has 0 aliphatic carbocycles. The van der Waals surface area contributed by atoms with Gasteiger partial charge in [0.15, 0.2) is 0 Å². The molecule has 7 heteroatoms. The number of methoxy groups -OCH3 is 1. The molecule has 1 heterocycles. The molecule has 0 bridgehead atoms. The van der Waals surface area contributed by atoms with Crippen LogP contribution in [0.3, 0.4) is 0 Å². The quantitative estimate of drug-likeness (QED) is 0.574. The van der Waals surface area contributed by atoms with E-state index in [4.69, 9.17) is 13.9 Å². The van der Waals surface area contributed by atoms with Crippen molar-refractivity contribution in [2.45, 2.75) is 18.6 Å². The number of thioether (sulfide) groups is 1. The van der Waals surface area contributed by atoms with Crippen LogP contribution in [0.5, 0.6) is 5.75 Å². The van der Waals surface area contributed by atoms with Crippen LogP contribution in [-0.2, 0) is 16.0 Å². The largest absolute Gasteiger partial charge is 0.497 e. The van der Waals surface area contributed by atoms with Crippen molar-refractivity contribution in [2.75, 3.05) is 19.5 Å². The molecule has 6 nitrogen and oxygen atoms in total. The van der Waals surface area contributed by atoms with E-state index >= 15 is 0 Å². The Hall–Kier alpha value is -2.02. The lowest BCUT2D eigenvalue weighted by atomic mass is 10.1. The maximum atomic E-state index is 11.2. The smallest absolute Gasteiger partial charge is 0.316 e. The number of nitrogens with zero attached hydrogens (tertiary/aromatic N) is 2. The monoisotopic (exact) mass is 308 g/mol. The molecule has 0 N–H and O–H groups in total. The van der Waals surface area contributed by atoms with Gasteiger partial charge in [-0.1, -0.05) is 23.9 Å². The van der Waals surface area contributed by atoms with E-state index in [9.17, 15) is 4.79 Å². The third-order valence-corrected chi connectivity index (χ3v) is 3.37. The lowest BCUT2D eigenvalue weighted by Gasteiger charge is -2.00. The number of rotatable bonds is 7. The second kappa shape index (κ2) is 7.68. The van der Waals surface area contributed by atoms with E-state index in [0.717, 1.165) is 11.3 Å². The summed E-state index contributed by atoms with van der Waals surface area (Å²) in [5.41, 5.74) is 1.04. The van der Waals surface area contributed by atoms with Crippen LogP contribution in [0, 0.1) is 0 Å². The van der Waals surface area contributed by atoms with E-state index in [1.165, 1.54) is 11.8 Å². The van der Waals surface area contributed by atoms with Crippen LogP contribution in [0.15, 0.2) is 33.9 Å². The van der Waals surface area contributed by atoms with E-state index < -0.39 is 0 Å². The number of carbonyl (C=O) groups is 1. The van der Waals surface area contributed by atoms with Gasteiger partial charge in [0.1, 0.15) is 11.5 Å². The molecule has 0 spiro atoms. The highest BCUT2D eigenvalue weighted by Gasteiger charge is 2.10. The number of ether oxygens (including phenoxy) is 2. The molecule has 0 saturated carbocycles. The Morgan fingerprint density at radius 2 is 2.05 bits per heavy atom. The number of aromatic nitrogens is 2. The van der Waals surface area contributed by atoms with Gasteiger partial charge in [0.25, 0.3) is 5.22 Å². The van der Waals surface area contributed by atoms with Gasteiger partial charge >= 0.3 is 5.97 Å². The average molecular weight is 308 g/mol. The first kappa shape index (κ1) is 15.4. The van der Waals surface area contributed by atoms with Crippen molar-refractivity contribution < 1.29 is 18.7 Å². The topological polar surface area (TPSA) is 74.5 Å². The van der Waals surface area contributed by atoms with Crippen molar-refractivity contribution in [3.05, 3.63) is 35.7 Å². The molecule has 0 aliphatic heterocycles. The third-order valence-electron chi connectivity index (χ3n) is 2.58. The number of esters is 1. The Morgan fingerprint density at radius 3 is 2.71 bits per heavy atom. The van der Waals surface area contributed by atoms with Crippen molar-refractivity contribution in [1.82, 2.24) is 10.2 Å². The van der Waals surface area contributed by atoms with Gasteiger partial charge in [-0.15, -0.1) is 10.2 Å². The highest BCUT2D eigenvalue weighted by atomic mass is 32.2. The van der Waals surface area contributed by atoms with E-state index in [-0.39, 0.29) is 11.7 Å². The summed E-state index contributed by atoms with van der Waals surface area (Å²) in [6.07, 6.45) is 0.539. The summed E-state index contributed by atoms with van der Waals surface area (Å²) < 4.78 is 15.4. The second-order valence-corrected chi connectivity index (χ2v) is 5.01. The average Bonchev–Trinajstić information content (AvgIpc) is 2.94.